The first-order chi connectivity index (χ1) is 14.0. The lowest BCUT2D eigenvalue weighted by molar-refractivity contribution is -0.146. The smallest absolute Gasteiger partial charge is 0.310 e. The van der Waals surface area contributed by atoms with Gasteiger partial charge in [0.1, 0.15) is 12.1 Å². The highest BCUT2D eigenvalue weighted by atomic mass is 16.5. The number of hydrogen-bond acceptors (Lipinski definition) is 7. The average molecular weight is 397 g/mol. The summed E-state index contributed by atoms with van der Waals surface area (Å²) in [6, 6.07) is 2.07. The highest BCUT2D eigenvalue weighted by Crippen LogP contribution is 2.31. The number of aromatic nitrogens is 6. The summed E-state index contributed by atoms with van der Waals surface area (Å²) in [6.45, 7) is 3.29. The molecule has 3 heterocycles. The molecule has 1 fully saturated rings. The molecule has 0 saturated heterocycles. The fourth-order valence-corrected chi connectivity index (χ4v) is 3.78. The summed E-state index contributed by atoms with van der Waals surface area (Å²) >= 11 is 0. The third-order valence-corrected chi connectivity index (χ3v) is 5.28. The standard InChI is InChI=1S/C19H23N7O3/c1-12-15(13(2)25-19(23-12)20-11-22-25)9-18(28)29-10-17(27)24-16-7-8-21-26(16)14-5-3-4-6-14/h7-8,11,14H,3-6,9-10H2,1-2H3,(H,24,27). The number of nitrogens with one attached hydrogen (secondary N) is 1. The van der Waals surface area contributed by atoms with Crippen LogP contribution in [-0.4, -0.2) is 47.8 Å². The van der Waals surface area contributed by atoms with E-state index in [-0.39, 0.29) is 13.0 Å². The second-order valence-corrected chi connectivity index (χ2v) is 7.22. The monoisotopic (exact) mass is 397 g/mol. The minimum absolute atomic E-state index is 0.00769. The van der Waals surface area contributed by atoms with Gasteiger partial charge in [-0.1, -0.05) is 12.8 Å². The van der Waals surface area contributed by atoms with Gasteiger partial charge in [-0.05, 0) is 26.7 Å². The van der Waals surface area contributed by atoms with E-state index < -0.39 is 11.9 Å². The van der Waals surface area contributed by atoms with Gasteiger partial charge in [0.2, 0.25) is 0 Å². The Kier molecular flexibility index (Phi) is 5.24. The summed E-state index contributed by atoms with van der Waals surface area (Å²) in [6.07, 6.45) is 7.54. The van der Waals surface area contributed by atoms with Crippen molar-refractivity contribution in [1.82, 2.24) is 29.4 Å². The molecule has 1 aliphatic rings. The van der Waals surface area contributed by atoms with E-state index in [2.05, 4.69) is 25.5 Å². The molecular weight excluding hydrogens is 374 g/mol. The van der Waals surface area contributed by atoms with Crippen molar-refractivity contribution in [3.05, 3.63) is 35.5 Å². The van der Waals surface area contributed by atoms with Crippen LogP contribution in [0.5, 0.6) is 0 Å². The molecule has 0 aromatic carbocycles. The van der Waals surface area contributed by atoms with Crippen molar-refractivity contribution in [1.29, 1.82) is 0 Å². The molecule has 1 amide bonds. The Bertz CT molecular complexity index is 1050. The molecule has 29 heavy (non-hydrogen) atoms. The summed E-state index contributed by atoms with van der Waals surface area (Å²) < 4.78 is 8.59. The maximum absolute atomic E-state index is 12.3. The van der Waals surface area contributed by atoms with Gasteiger partial charge in [0.15, 0.2) is 6.61 Å². The molecule has 0 spiro atoms. The number of aryl methyl sites for hydroxylation is 2. The molecular formula is C19H23N7O3. The Hall–Kier alpha value is -3.30. The number of anilines is 1. The highest BCUT2D eigenvalue weighted by Gasteiger charge is 2.21. The van der Waals surface area contributed by atoms with E-state index in [9.17, 15) is 9.59 Å². The maximum Gasteiger partial charge on any atom is 0.310 e. The molecule has 3 aromatic rings. The number of ether oxygens (including phenoxy) is 1. The fraction of sp³-hybridized carbons (Fsp3) is 0.474. The summed E-state index contributed by atoms with van der Waals surface area (Å²) in [7, 11) is 0. The first kappa shape index (κ1) is 19.0. The first-order valence-corrected chi connectivity index (χ1v) is 9.67. The van der Waals surface area contributed by atoms with Crippen LogP contribution in [0.25, 0.3) is 5.78 Å². The molecule has 0 aliphatic heterocycles. The summed E-state index contributed by atoms with van der Waals surface area (Å²) in [4.78, 5) is 32.9. The minimum Gasteiger partial charge on any atom is -0.455 e. The number of rotatable bonds is 6. The van der Waals surface area contributed by atoms with Crippen LogP contribution >= 0.6 is 0 Å². The summed E-state index contributed by atoms with van der Waals surface area (Å²) in [5.74, 6) is 0.217. The van der Waals surface area contributed by atoms with Crippen LogP contribution in [0, 0.1) is 13.8 Å². The Balaban J connectivity index is 1.34. The highest BCUT2D eigenvalue weighted by molar-refractivity contribution is 5.92. The third kappa shape index (κ3) is 3.96. The Labute approximate surface area is 167 Å². The maximum atomic E-state index is 12.3. The van der Waals surface area contributed by atoms with Gasteiger partial charge < -0.3 is 10.1 Å². The van der Waals surface area contributed by atoms with Crippen molar-refractivity contribution < 1.29 is 14.3 Å². The van der Waals surface area contributed by atoms with Gasteiger partial charge in [-0.25, -0.2) is 14.2 Å². The van der Waals surface area contributed by atoms with Gasteiger partial charge in [0.05, 0.1) is 18.7 Å². The molecule has 10 heteroatoms. The van der Waals surface area contributed by atoms with Crippen molar-refractivity contribution in [2.45, 2.75) is 52.0 Å². The molecule has 152 valence electrons. The molecule has 0 unspecified atom stereocenters. The van der Waals surface area contributed by atoms with Gasteiger partial charge in [0, 0.05) is 23.0 Å². The topological polar surface area (TPSA) is 116 Å². The van der Waals surface area contributed by atoms with Crippen LogP contribution in [0.1, 0.15) is 48.7 Å². The second-order valence-electron chi connectivity index (χ2n) is 7.22. The Morgan fingerprint density at radius 1 is 1.24 bits per heavy atom. The van der Waals surface area contributed by atoms with Crippen LogP contribution < -0.4 is 5.32 Å². The van der Waals surface area contributed by atoms with Crippen molar-refractivity contribution in [2.24, 2.45) is 0 Å². The molecule has 4 rings (SSSR count). The number of hydrogen-bond donors (Lipinski definition) is 1. The molecule has 0 atom stereocenters. The van der Waals surface area contributed by atoms with Gasteiger partial charge in [0.25, 0.3) is 11.7 Å². The second kappa shape index (κ2) is 7.98. The van der Waals surface area contributed by atoms with Crippen molar-refractivity contribution in [2.75, 3.05) is 11.9 Å². The number of nitrogens with zero attached hydrogens (tertiary/aromatic N) is 6. The zero-order valence-corrected chi connectivity index (χ0v) is 16.5. The molecule has 1 saturated carbocycles. The summed E-state index contributed by atoms with van der Waals surface area (Å²) in [5.41, 5.74) is 2.17. The molecule has 1 N–H and O–H groups in total. The lowest BCUT2D eigenvalue weighted by Crippen LogP contribution is -2.24. The van der Waals surface area contributed by atoms with E-state index in [1.807, 2.05) is 11.6 Å². The fourth-order valence-electron chi connectivity index (χ4n) is 3.78. The van der Waals surface area contributed by atoms with Gasteiger partial charge in [-0.3, -0.25) is 9.59 Å². The predicted molar refractivity (Wildman–Crippen MR) is 103 cm³/mol. The number of carbonyl (C=O) groups is 2. The normalized spacial score (nSPS) is 14.4. The van der Waals surface area contributed by atoms with Crippen molar-refractivity contribution in [3.8, 4) is 0 Å². The van der Waals surface area contributed by atoms with E-state index in [0.717, 1.165) is 18.5 Å². The molecule has 0 bridgehead atoms. The number of amides is 1. The van der Waals surface area contributed by atoms with Crippen LogP contribution in [0.15, 0.2) is 18.6 Å². The van der Waals surface area contributed by atoms with E-state index >= 15 is 0 Å². The van der Waals surface area contributed by atoms with Crippen molar-refractivity contribution >= 4 is 23.5 Å². The predicted octanol–water partition coefficient (Wildman–Crippen LogP) is 1.78. The van der Waals surface area contributed by atoms with Gasteiger partial charge in [-0.15, -0.1) is 0 Å². The van der Waals surface area contributed by atoms with E-state index in [1.165, 1.54) is 19.2 Å². The van der Waals surface area contributed by atoms with E-state index in [0.29, 0.717) is 28.9 Å². The zero-order valence-electron chi connectivity index (χ0n) is 16.5. The van der Waals surface area contributed by atoms with Crippen LogP contribution in [0.3, 0.4) is 0 Å². The largest absolute Gasteiger partial charge is 0.455 e. The molecule has 1 aliphatic carbocycles. The SMILES string of the molecule is Cc1nc2ncnn2c(C)c1CC(=O)OCC(=O)Nc1ccnn1C1CCCC1. The van der Waals surface area contributed by atoms with Crippen LogP contribution in [-0.2, 0) is 20.7 Å². The third-order valence-electron chi connectivity index (χ3n) is 5.28. The Morgan fingerprint density at radius 3 is 2.83 bits per heavy atom. The van der Waals surface area contributed by atoms with E-state index in [1.54, 1.807) is 23.7 Å². The average Bonchev–Trinajstić information content (AvgIpc) is 3.44. The zero-order chi connectivity index (χ0) is 20.4. The lowest BCUT2D eigenvalue weighted by Gasteiger charge is -2.14. The van der Waals surface area contributed by atoms with Gasteiger partial charge >= 0.3 is 5.97 Å². The Morgan fingerprint density at radius 2 is 2.03 bits per heavy atom. The van der Waals surface area contributed by atoms with Gasteiger partial charge in [-0.2, -0.15) is 15.2 Å². The van der Waals surface area contributed by atoms with Crippen LogP contribution in [0.2, 0.25) is 0 Å². The number of fused-ring (bicyclic) bond motifs is 1. The summed E-state index contributed by atoms with van der Waals surface area (Å²) in [5, 5.41) is 11.2. The van der Waals surface area contributed by atoms with Crippen LogP contribution in [0.4, 0.5) is 5.82 Å². The molecule has 10 nitrogen and oxygen atoms in total. The molecule has 3 aromatic heterocycles. The van der Waals surface area contributed by atoms with E-state index in [4.69, 9.17) is 4.74 Å². The number of esters is 1. The quantitative estimate of drug-likeness (QED) is 0.630. The molecule has 0 radical (unpaired) electrons. The minimum atomic E-state index is -0.503. The first-order valence-electron chi connectivity index (χ1n) is 9.67. The van der Waals surface area contributed by atoms with Crippen molar-refractivity contribution in [3.63, 3.8) is 0 Å². The lowest BCUT2D eigenvalue weighted by atomic mass is 10.1. The number of carbonyl (C=O) groups excluding carboxylic acids is 2.